The summed E-state index contributed by atoms with van der Waals surface area (Å²) in [4.78, 5) is 23.7. The lowest BCUT2D eigenvalue weighted by atomic mass is 10.1. The SMILES string of the molecule is CS(=O)(=O)c1ccccc1C(=O)OCC(=O)NCCc1ccc(Cl)cc1. The van der Waals surface area contributed by atoms with Gasteiger partial charge in [-0.05, 0) is 36.2 Å². The van der Waals surface area contributed by atoms with E-state index in [2.05, 4.69) is 5.32 Å². The van der Waals surface area contributed by atoms with Crippen molar-refractivity contribution in [3.05, 3.63) is 64.7 Å². The van der Waals surface area contributed by atoms with Crippen LogP contribution in [0, 0.1) is 0 Å². The number of ether oxygens (including phenoxy) is 1. The van der Waals surface area contributed by atoms with Gasteiger partial charge in [0.15, 0.2) is 16.4 Å². The third-order valence-electron chi connectivity index (χ3n) is 3.49. The first-order valence-electron chi connectivity index (χ1n) is 7.75. The molecule has 0 bridgehead atoms. The lowest BCUT2D eigenvalue weighted by Crippen LogP contribution is -2.30. The van der Waals surface area contributed by atoms with Crippen molar-refractivity contribution in [1.29, 1.82) is 0 Å². The number of carbonyl (C=O) groups is 2. The van der Waals surface area contributed by atoms with Gasteiger partial charge in [0.1, 0.15) is 0 Å². The maximum absolute atomic E-state index is 12.1. The molecule has 0 aliphatic rings. The summed E-state index contributed by atoms with van der Waals surface area (Å²) in [6.45, 7) is -0.116. The van der Waals surface area contributed by atoms with Crippen LogP contribution >= 0.6 is 11.6 Å². The second kappa shape index (κ2) is 8.82. The number of sulfone groups is 1. The van der Waals surface area contributed by atoms with Crippen molar-refractivity contribution < 1.29 is 22.7 Å². The zero-order valence-electron chi connectivity index (χ0n) is 14.1. The lowest BCUT2D eigenvalue weighted by molar-refractivity contribution is -0.124. The minimum absolute atomic E-state index is 0.0936. The number of benzene rings is 2. The molecule has 8 heteroatoms. The van der Waals surface area contributed by atoms with Crippen molar-refractivity contribution in [1.82, 2.24) is 5.32 Å². The molecule has 0 saturated carbocycles. The monoisotopic (exact) mass is 395 g/mol. The number of hydrogen-bond donors (Lipinski definition) is 1. The molecular weight excluding hydrogens is 378 g/mol. The van der Waals surface area contributed by atoms with E-state index in [9.17, 15) is 18.0 Å². The van der Waals surface area contributed by atoms with E-state index in [1.165, 1.54) is 24.3 Å². The largest absolute Gasteiger partial charge is 0.452 e. The fourth-order valence-electron chi connectivity index (χ4n) is 2.22. The minimum Gasteiger partial charge on any atom is -0.452 e. The van der Waals surface area contributed by atoms with Crippen LogP contribution in [0.15, 0.2) is 53.4 Å². The first kappa shape index (κ1) is 19.9. The highest BCUT2D eigenvalue weighted by Gasteiger charge is 2.19. The van der Waals surface area contributed by atoms with Gasteiger partial charge in [-0.1, -0.05) is 35.9 Å². The number of nitrogens with one attached hydrogen (secondary N) is 1. The first-order chi connectivity index (χ1) is 12.3. The fraction of sp³-hybridized carbons (Fsp3) is 0.222. The lowest BCUT2D eigenvalue weighted by Gasteiger charge is -2.09. The van der Waals surface area contributed by atoms with Gasteiger partial charge in [0.25, 0.3) is 5.91 Å². The van der Waals surface area contributed by atoms with Gasteiger partial charge in [0.05, 0.1) is 10.5 Å². The molecule has 0 saturated heterocycles. The zero-order chi connectivity index (χ0) is 19.2. The fourth-order valence-corrected chi connectivity index (χ4v) is 3.22. The van der Waals surface area contributed by atoms with Crippen LogP contribution in [0.2, 0.25) is 5.02 Å². The Morgan fingerprint density at radius 3 is 2.38 bits per heavy atom. The van der Waals surface area contributed by atoms with E-state index in [0.717, 1.165) is 11.8 Å². The van der Waals surface area contributed by atoms with Gasteiger partial charge in [-0.15, -0.1) is 0 Å². The molecule has 0 spiro atoms. The van der Waals surface area contributed by atoms with Crippen molar-refractivity contribution in [2.24, 2.45) is 0 Å². The van der Waals surface area contributed by atoms with Gasteiger partial charge in [-0.3, -0.25) is 4.79 Å². The first-order valence-corrected chi connectivity index (χ1v) is 10.0. The molecule has 0 aromatic heterocycles. The average molecular weight is 396 g/mol. The predicted octanol–water partition coefficient (Wildman–Crippen LogP) is 2.26. The summed E-state index contributed by atoms with van der Waals surface area (Å²) in [7, 11) is -3.58. The maximum Gasteiger partial charge on any atom is 0.339 e. The molecule has 0 fully saturated rings. The Bertz CT molecular complexity index is 894. The summed E-state index contributed by atoms with van der Waals surface area (Å²) in [5.41, 5.74) is 0.915. The van der Waals surface area contributed by atoms with Gasteiger partial charge < -0.3 is 10.1 Å². The van der Waals surface area contributed by atoms with Gasteiger partial charge in [0.2, 0.25) is 0 Å². The summed E-state index contributed by atoms with van der Waals surface area (Å²) in [6.07, 6.45) is 1.61. The Morgan fingerprint density at radius 2 is 1.73 bits per heavy atom. The topological polar surface area (TPSA) is 89.5 Å². The summed E-state index contributed by atoms with van der Waals surface area (Å²) >= 11 is 5.80. The van der Waals surface area contributed by atoms with E-state index < -0.39 is 28.3 Å². The second-order valence-electron chi connectivity index (χ2n) is 5.57. The smallest absolute Gasteiger partial charge is 0.339 e. The molecule has 0 atom stereocenters. The van der Waals surface area contributed by atoms with Crippen molar-refractivity contribution in [3.8, 4) is 0 Å². The van der Waals surface area contributed by atoms with Gasteiger partial charge >= 0.3 is 5.97 Å². The summed E-state index contributed by atoms with van der Waals surface area (Å²) < 4.78 is 28.3. The summed E-state index contributed by atoms with van der Waals surface area (Å²) in [6, 6.07) is 12.9. The number of carbonyl (C=O) groups excluding carboxylic acids is 2. The van der Waals surface area contributed by atoms with Crippen LogP contribution in [-0.4, -0.2) is 39.7 Å². The van der Waals surface area contributed by atoms with Crippen molar-refractivity contribution in [3.63, 3.8) is 0 Å². The zero-order valence-corrected chi connectivity index (χ0v) is 15.6. The highest BCUT2D eigenvalue weighted by Crippen LogP contribution is 2.16. The Kier molecular flexibility index (Phi) is 6.76. The molecule has 0 unspecified atom stereocenters. The normalized spacial score (nSPS) is 11.0. The Morgan fingerprint density at radius 1 is 1.08 bits per heavy atom. The minimum atomic E-state index is -3.58. The van der Waals surface area contributed by atoms with E-state index in [1.54, 1.807) is 12.1 Å². The van der Waals surface area contributed by atoms with E-state index in [4.69, 9.17) is 16.3 Å². The molecule has 0 aliphatic heterocycles. The maximum atomic E-state index is 12.1. The van der Waals surface area contributed by atoms with Crippen LogP contribution in [0.5, 0.6) is 0 Å². The Hall–Kier alpha value is -2.38. The van der Waals surface area contributed by atoms with Gasteiger partial charge in [0, 0.05) is 17.8 Å². The molecule has 0 aliphatic carbocycles. The Labute approximate surface area is 157 Å². The van der Waals surface area contributed by atoms with Crippen molar-refractivity contribution in [2.75, 3.05) is 19.4 Å². The van der Waals surface area contributed by atoms with Gasteiger partial charge in [-0.25, -0.2) is 13.2 Å². The van der Waals surface area contributed by atoms with E-state index >= 15 is 0 Å². The molecule has 2 aromatic rings. The highest BCUT2D eigenvalue weighted by molar-refractivity contribution is 7.90. The van der Waals surface area contributed by atoms with Crippen LogP contribution in [-0.2, 0) is 25.8 Å². The molecular formula is C18H18ClNO5S. The summed E-state index contributed by atoms with van der Waals surface area (Å²) in [5.74, 6) is -1.33. The van der Waals surface area contributed by atoms with E-state index in [1.807, 2.05) is 12.1 Å². The molecule has 1 N–H and O–H groups in total. The molecule has 0 radical (unpaired) electrons. The average Bonchev–Trinajstić information content (AvgIpc) is 2.60. The number of amides is 1. The van der Waals surface area contributed by atoms with Crippen LogP contribution in [0.1, 0.15) is 15.9 Å². The van der Waals surface area contributed by atoms with Crippen LogP contribution in [0.4, 0.5) is 0 Å². The third kappa shape index (κ3) is 5.86. The molecule has 138 valence electrons. The van der Waals surface area contributed by atoms with Crippen LogP contribution < -0.4 is 5.32 Å². The summed E-state index contributed by atoms with van der Waals surface area (Å²) in [5, 5.41) is 3.27. The molecule has 2 rings (SSSR count). The van der Waals surface area contributed by atoms with E-state index in [0.29, 0.717) is 18.0 Å². The molecule has 2 aromatic carbocycles. The second-order valence-corrected chi connectivity index (χ2v) is 7.99. The number of hydrogen-bond acceptors (Lipinski definition) is 5. The van der Waals surface area contributed by atoms with Crippen molar-refractivity contribution in [2.45, 2.75) is 11.3 Å². The standard InChI is InChI=1S/C18H18ClNO5S/c1-26(23,24)16-5-3-2-4-15(16)18(22)25-12-17(21)20-11-10-13-6-8-14(19)9-7-13/h2-9H,10-12H2,1H3,(H,20,21). The molecule has 26 heavy (non-hydrogen) atoms. The molecule has 1 amide bonds. The van der Waals surface area contributed by atoms with Crippen LogP contribution in [0.25, 0.3) is 0 Å². The third-order valence-corrected chi connectivity index (χ3v) is 4.90. The van der Waals surface area contributed by atoms with E-state index in [-0.39, 0.29) is 10.5 Å². The number of halogens is 1. The van der Waals surface area contributed by atoms with Crippen LogP contribution in [0.3, 0.4) is 0 Å². The molecule has 0 heterocycles. The number of rotatable bonds is 7. The number of esters is 1. The Balaban J connectivity index is 1.84. The predicted molar refractivity (Wildman–Crippen MR) is 98.0 cm³/mol. The van der Waals surface area contributed by atoms with Gasteiger partial charge in [-0.2, -0.15) is 0 Å². The molecule has 6 nitrogen and oxygen atoms in total. The highest BCUT2D eigenvalue weighted by atomic mass is 35.5. The van der Waals surface area contributed by atoms with Crippen molar-refractivity contribution >= 4 is 33.3 Å². The quantitative estimate of drug-likeness (QED) is 0.726.